The quantitative estimate of drug-likeness (QED) is 0.266. The SMILES string of the molecule is Cc1c(Nc2c(C#N)cncc2C=Cc2cccc(S(=O)(=O)N3CCC(N4CCCCC4)CC3)c2)ccc2[nH]ccc12. The first-order chi connectivity index (χ1) is 20.4. The molecule has 2 aliphatic rings. The van der Waals surface area contributed by atoms with E-state index in [9.17, 15) is 13.7 Å². The summed E-state index contributed by atoms with van der Waals surface area (Å²) in [6.07, 6.45) is 14.5. The number of anilines is 2. The second-order valence-electron chi connectivity index (χ2n) is 11.2. The molecule has 0 bridgehead atoms. The molecule has 0 spiro atoms. The van der Waals surface area contributed by atoms with Crippen molar-refractivity contribution >= 4 is 44.5 Å². The van der Waals surface area contributed by atoms with Gasteiger partial charge < -0.3 is 15.2 Å². The van der Waals surface area contributed by atoms with Gasteiger partial charge >= 0.3 is 0 Å². The maximum Gasteiger partial charge on any atom is 0.243 e. The molecule has 0 amide bonds. The third kappa shape index (κ3) is 5.71. The number of aromatic nitrogens is 2. The van der Waals surface area contributed by atoms with Gasteiger partial charge in [-0.2, -0.15) is 9.57 Å². The molecule has 0 aliphatic carbocycles. The van der Waals surface area contributed by atoms with Gasteiger partial charge in [0.15, 0.2) is 0 Å². The zero-order chi connectivity index (χ0) is 29.1. The minimum Gasteiger partial charge on any atom is -0.361 e. The molecule has 0 radical (unpaired) electrons. The molecule has 0 atom stereocenters. The molecule has 42 heavy (non-hydrogen) atoms. The normalized spacial score (nSPS) is 17.5. The Bertz CT molecular complexity index is 1760. The molecule has 0 unspecified atom stereocenters. The number of H-pyrrole nitrogens is 1. The van der Waals surface area contributed by atoms with Gasteiger partial charge in [0, 0.05) is 59.9 Å². The van der Waals surface area contributed by atoms with Crippen molar-refractivity contribution in [1.82, 2.24) is 19.2 Å². The maximum atomic E-state index is 13.6. The van der Waals surface area contributed by atoms with Crippen molar-refractivity contribution in [2.75, 3.05) is 31.5 Å². The second kappa shape index (κ2) is 12.1. The summed E-state index contributed by atoms with van der Waals surface area (Å²) in [5.41, 5.74) is 5.60. The number of aromatic amines is 1. The third-order valence-electron chi connectivity index (χ3n) is 8.64. The molecule has 2 aromatic carbocycles. The smallest absolute Gasteiger partial charge is 0.243 e. The van der Waals surface area contributed by atoms with Crippen molar-refractivity contribution < 1.29 is 8.42 Å². The van der Waals surface area contributed by atoms with Gasteiger partial charge in [0.25, 0.3) is 0 Å². The van der Waals surface area contributed by atoms with E-state index in [2.05, 4.69) is 26.3 Å². The highest BCUT2D eigenvalue weighted by atomic mass is 32.2. The molecule has 9 heteroatoms. The van der Waals surface area contributed by atoms with Crippen molar-refractivity contribution in [3.8, 4) is 6.07 Å². The van der Waals surface area contributed by atoms with E-state index in [1.165, 1.54) is 19.3 Å². The predicted molar refractivity (Wildman–Crippen MR) is 168 cm³/mol. The van der Waals surface area contributed by atoms with Gasteiger partial charge in [-0.05, 0) is 87.2 Å². The lowest BCUT2D eigenvalue weighted by Crippen LogP contribution is -2.48. The third-order valence-corrected chi connectivity index (χ3v) is 10.5. The lowest BCUT2D eigenvalue weighted by atomic mass is 10.0. The molecule has 8 nitrogen and oxygen atoms in total. The average Bonchev–Trinajstić information content (AvgIpc) is 3.52. The fourth-order valence-electron chi connectivity index (χ4n) is 6.23. The molecule has 2 saturated heterocycles. The highest BCUT2D eigenvalue weighted by Gasteiger charge is 2.32. The van der Waals surface area contributed by atoms with E-state index in [1.54, 1.807) is 34.9 Å². The number of nitrogens with zero attached hydrogens (tertiary/aromatic N) is 4. The zero-order valence-electron chi connectivity index (χ0n) is 23.9. The second-order valence-corrected chi connectivity index (χ2v) is 13.1. The van der Waals surface area contributed by atoms with Crippen LogP contribution in [0.2, 0.25) is 0 Å². The van der Waals surface area contributed by atoms with Crippen LogP contribution in [0, 0.1) is 18.3 Å². The number of benzene rings is 2. The fraction of sp³-hybridized carbons (Fsp3) is 0.333. The first kappa shape index (κ1) is 28.2. The standard InChI is InChI=1S/C33H36N6O2S/c1-24-30-12-15-36-32(30)11-10-31(24)37-33-26(22-35-23-27(33)21-34)9-8-25-6-5-7-29(20-25)42(40,41)39-18-13-28(14-19-39)38-16-3-2-4-17-38/h5-12,15,20,22-23,28,36H,2-4,13-14,16-19H2,1H3,(H,35,37). The van der Waals surface area contributed by atoms with Crippen LogP contribution in [0.4, 0.5) is 11.4 Å². The molecule has 216 valence electrons. The van der Waals surface area contributed by atoms with E-state index in [4.69, 9.17) is 0 Å². The molecule has 4 aromatic rings. The lowest BCUT2D eigenvalue weighted by molar-refractivity contribution is 0.118. The number of aryl methyl sites for hydroxylation is 1. The number of hydrogen-bond acceptors (Lipinski definition) is 6. The number of fused-ring (bicyclic) bond motifs is 1. The Labute approximate surface area is 247 Å². The van der Waals surface area contributed by atoms with Crippen molar-refractivity contribution in [3.05, 3.63) is 83.3 Å². The van der Waals surface area contributed by atoms with E-state index in [0.717, 1.165) is 59.2 Å². The van der Waals surface area contributed by atoms with Crippen LogP contribution < -0.4 is 5.32 Å². The monoisotopic (exact) mass is 580 g/mol. The van der Waals surface area contributed by atoms with E-state index >= 15 is 0 Å². The zero-order valence-corrected chi connectivity index (χ0v) is 24.7. The summed E-state index contributed by atoms with van der Waals surface area (Å²) < 4.78 is 28.8. The first-order valence-corrected chi connectivity index (χ1v) is 16.1. The van der Waals surface area contributed by atoms with Crippen LogP contribution in [0.25, 0.3) is 23.1 Å². The summed E-state index contributed by atoms with van der Waals surface area (Å²) in [6, 6.07) is 15.8. The Hall–Kier alpha value is -3.97. The molecule has 2 aliphatic heterocycles. The molecule has 2 aromatic heterocycles. The number of rotatable bonds is 7. The van der Waals surface area contributed by atoms with E-state index in [1.807, 2.05) is 49.5 Å². The van der Waals surface area contributed by atoms with Crippen molar-refractivity contribution in [2.45, 2.75) is 50.0 Å². The van der Waals surface area contributed by atoms with Crippen LogP contribution in [-0.2, 0) is 10.0 Å². The summed E-state index contributed by atoms with van der Waals surface area (Å²) in [7, 11) is -3.59. The summed E-state index contributed by atoms with van der Waals surface area (Å²) in [4.78, 5) is 10.4. The van der Waals surface area contributed by atoms with Gasteiger partial charge in [0.1, 0.15) is 6.07 Å². The Morgan fingerprint density at radius 3 is 2.62 bits per heavy atom. The molecule has 0 saturated carbocycles. The largest absolute Gasteiger partial charge is 0.361 e. The number of nitrogens with one attached hydrogen (secondary N) is 2. The molecule has 4 heterocycles. The summed E-state index contributed by atoms with van der Waals surface area (Å²) >= 11 is 0. The van der Waals surface area contributed by atoms with Gasteiger partial charge in [-0.3, -0.25) is 4.98 Å². The number of hydrogen-bond donors (Lipinski definition) is 2. The molecule has 6 rings (SSSR count). The number of likely N-dealkylation sites (tertiary alicyclic amines) is 1. The summed E-state index contributed by atoms with van der Waals surface area (Å²) in [5, 5.41) is 14.4. The average molecular weight is 581 g/mol. The molecule has 2 N–H and O–H groups in total. The van der Waals surface area contributed by atoms with Gasteiger partial charge in [0.05, 0.1) is 16.1 Å². The minimum atomic E-state index is -3.59. The highest BCUT2D eigenvalue weighted by molar-refractivity contribution is 7.89. The van der Waals surface area contributed by atoms with Crippen molar-refractivity contribution in [1.29, 1.82) is 5.26 Å². The van der Waals surface area contributed by atoms with Crippen LogP contribution in [-0.4, -0.2) is 59.8 Å². The highest BCUT2D eigenvalue weighted by Crippen LogP contribution is 2.31. The minimum absolute atomic E-state index is 0.304. The van der Waals surface area contributed by atoms with Crippen molar-refractivity contribution in [2.24, 2.45) is 0 Å². The lowest BCUT2D eigenvalue weighted by Gasteiger charge is -2.39. The van der Waals surface area contributed by atoms with Crippen LogP contribution in [0.3, 0.4) is 0 Å². The Kier molecular flexibility index (Phi) is 8.11. The number of pyridine rings is 1. The number of sulfonamides is 1. The Balaban J connectivity index is 1.21. The van der Waals surface area contributed by atoms with E-state index < -0.39 is 10.0 Å². The van der Waals surface area contributed by atoms with Gasteiger partial charge in [-0.25, -0.2) is 8.42 Å². The first-order valence-electron chi connectivity index (χ1n) is 14.7. The van der Waals surface area contributed by atoms with Gasteiger partial charge in [-0.15, -0.1) is 0 Å². The molecular weight excluding hydrogens is 544 g/mol. The van der Waals surface area contributed by atoms with Crippen LogP contribution in [0.5, 0.6) is 0 Å². The van der Waals surface area contributed by atoms with Crippen molar-refractivity contribution in [3.63, 3.8) is 0 Å². The Morgan fingerprint density at radius 2 is 1.83 bits per heavy atom. The molecule has 2 fully saturated rings. The number of piperidine rings is 2. The van der Waals surface area contributed by atoms with E-state index in [0.29, 0.717) is 35.3 Å². The summed E-state index contributed by atoms with van der Waals surface area (Å²) in [6.45, 7) is 5.43. The predicted octanol–water partition coefficient (Wildman–Crippen LogP) is 6.30. The van der Waals surface area contributed by atoms with Crippen LogP contribution in [0.1, 0.15) is 54.4 Å². The topological polar surface area (TPSA) is 105 Å². The molecular formula is C33H36N6O2S. The van der Waals surface area contributed by atoms with Crippen LogP contribution in [0.15, 0.2) is 66.0 Å². The maximum absolute atomic E-state index is 13.6. The van der Waals surface area contributed by atoms with Crippen LogP contribution >= 0.6 is 0 Å². The summed E-state index contributed by atoms with van der Waals surface area (Å²) in [5.74, 6) is 0. The fourth-order valence-corrected chi connectivity index (χ4v) is 7.75. The van der Waals surface area contributed by atoms with E-state index in [-0.39, 0.29) is 0 Å². The van der Waals surface area contributed by atoms with Gasteiger partial charge in [-0.1, -0.05) is 30.7 Å². The van der Waals surface area contributed by atoms with Gasteiger partial charge in [0.2, 0.25) is 10.0 Å². The number of nitriles is 1. The Morgan fingerprint density at radius 1 is 1.02 bits per heavy atom.